The summed E-state index contributed by atoms with van der Waals surface area (Å²) in [4.78, 5) is 20.1. The molecule has 1 N–H and O–H groups in total. The average Bonchev–Trinajstić information content (AvgIpc) is 3.22. The highest BCUT2D eigenvalue weighted by atomic mass is 35.5. The van der Waals surface area contributed by atoms with Gasteiger partial charge in [-0.05, 0) is 18.9 Å². The van der Waals surface area contributed by atoms with Crippen molar-refractivity contribution in [3.8, 4) is 0 Å². The summed E-state index contributed by atoms with van der Waals surface area (Å²) in [6.45, 7) is 1.29. The molecule has 0 radical (unpaired) electrons. The minimum Gasteiger partial charge on any atom is -0.354 e. The number of pyridine rings is 1. The van der Waals surface area contributed by atoms with Gasteiger partial charge in [0, 0.05) is 25.2 Å². The first-order valence-corrected chi connectivity index (χ1v) is 6.96. The maximum atomic E-state index is 11.6. The molecule has 0 bridgehead atoms. The van der Waals surface area contributed by atoms with Gasteiger partial charge >= 0.3 is 0 Å². The van der Waals surface area contributed by atoms with Crippen LogP contribution in [-0.2, 0) is 17.2 Å². The summed E-state index contributed by atoms with van der Waals surface area (Å²) >= 11 is 5.91. The molecule has 1 fully saturated rings. The fourth-order valence-electron chi connectivity index (χ4n) is 2.16. The number of hydrogen-bond donors (Lipinski definition) is 1. The van der Waals surface area contributed by atoms with E-state index in [-0.39, 0.29) is 11.8 Å². The molecule has 1 amide bonds. The summed E-state index contributed by atoms with van der Waals surface area (Å²) in [6.07, 6.45) is 5.52. The van der Waals surface area contributed by atoms with E-state index in [4.69, 9.17) is 11.6 Å². The van der Waals surface area contributed by atoms with Crippen molar-refractivity contribution in [3.05, 3.63) is 24.3 Å². The van der Waals surface area contributed by atoms with Crippen molar-refractivity contribution in [2.75, 3.05) is 6.54 Å². The number of nitrogens with one attached hydrogen (secondary N) is 1. The fraction of sp³-hybridized carbons (Fsp3) is 0.462. The number of hydrogen-bond acceptors (Lipinski definition) is 3. The minimum absolute atomic E-state index is 0.165. The van der Waals surface area contributed by atoms with Crippen LogP contribution in [0.4, 0.5) is 0 Å². The standard InChI is InChI=1S/C13H15ClN4O/c14-7-12-17-10-8-15-4-3-11(10)18(12)6-5-16-13(19)9-1-2-9/h3-4,8-9H,1-2,5-7H2,(H,16,19). The zero-order valence-electron chi connectivity index (χ0n) is 10.5. The van der Waals surface area contributed by atoms with E-state index >= 15 is 0 Å². The molecule has 2 heterocycles. The lowest BCUT2D eigenvalue weighted by molar-refractivity contribution is -0.122. The topological polar surface area (TPSA) is 59.8 Å². The third-order valence-electron chi connectivity index (χ3n) is 3.33. The maximum absolute atomic E-state index is 11.6. The van der Waals surface area contributed by atoms with Crippen LogP contribution in [0.2, 0.25) is 0 Å². The largest absolute Gasteiger partial charge is 0.354 e. The molecule has 6 heteroatoms. The quantitative estimate of drug-likeness (QED) is 0.847. The summed E-state index contributed by atoms with van der Waals surface area (Å²) in [5.74, 6) is 1.57. The van der Waals surface area contributed by atoms with E-state index in [0.29, 0.717) is 19.0 Å². The van der Waals surface area contributed by atoms with Crippen LogP contribution in [0.25, 0.3) is 11.0 Å². The van der Waals surface area contributed by atoms with E-state index < -0.39 is 0 Å². The van der Waals surface area contributed by atoms with Crippen molar-refractivity contribution >= 4 is 28.5 Å². The van der Waals surface area contributed by atoms with E-state index in [0.717, 1.165) is 29.7 Å². The molecule has 0 aliphatic heterocycles. The van der Waals surface area contributed by atoms with Crippen molar-refractivity contribution in [1.82, 2.24) is 19.9 Å². The molecule has 2 aromatic heterocycles. The van der Waals surface area contributed by atoms with E-state index in [1.807, 2.05) is 10.6 Å². The predicted molar refractivity (Wildman–Crippen MR) is 72.8 cm³/mol. The molecule has 1 aliphatic carbocycles. The van der Waals surface area contributed by atoms with Gasteiger partial charge in [0.15, 0.2) is 0 Å². The van der Waals surface area contributed by atoms with Crippen LogP contribution in [0.1, 0.15) is 18.7 Å². The number of imidazole rings is 1. The SMILES string of the molecule is O=C(NCCn1c(CCl)nc2cnccc21)C1CC1. The third kappa shape index (κ3) is 2.56. The number of fused-ring (bicyclic) bond motifs is 1. The smallest absolute Gasteiger partial charge is 0.223 e. The zero-order chi connectivity index (χ0) is 13.2. The normalized spacial score (nSPS) is 14.8. The lowest BCUT2D eigenvalue weighted by Gasteiger charge is -2.08. The summed E-state index contributed by atoms with van der Waals surface area (Å²) < 4.78 is 2.04. The first-order chi connectivity index (χ1) is 9.29. The highest BCUT2D eigenvalue weighted by molar-refractivity contribution is 6.16. The highest BCUT2D eigenvalue weighted by Crippen LogP contribution is 2.28. The fourth-order valence-corrected chi connectivity index (χ4v) is 2.37. The summed E-state index contributed by atoms with van der Waals surface area (Å²) in [5, 5.41) is 2.95. The second-order valence-electron chi connectivity index (χ2n) is 4.74. The Labute approximate surface area is 116 Å². The van der Waals surface area contributed by atoms with E-state index in [1.165, 1.54) is 0 Å². The molecule has 0 saturated heterocycles. The molecule has 0 atom stereocenters. The molecule has 1 aliphatic rings. The van der Waals surface area contributed by atoms with Crippen molar-refractivity contribution in [1.29, 1.82) is 0 Å². The number of carbonyl (C=O) groups is 1. The molecule has 1 saturated carbocycles. The monoisotopic (exact) mass is 278 g/mol. The van der Waals surface area contributed by atoms with Gasteiger partial charge in [-0.1, -0.05) is 0 Å². The van der Waals surface area contributed by atoms with Gasteiger partial charge in [-0.15, -0.1) is 11.6 Å². The van der Waals surface area contributed by atoms with Crippen molar-refractivity contribution in [2.24, 2.45) is 5.92 Å². The van der Waals surface area contributed by atoms with Crippen LogP contribution in [0.3, 0.4) is 0 Å². The number of carbonyl (C=O) groups excluding carboxylic acids is 1. The van der Waals surface area contributed by atoms with Gasteiger partial charge < -0.3 is 9.88 Å². The van der Waals surface area contributed by atoms with E-state index in [1.54, 1.807) is 12.4 Å². The lowest BCUT2D eigenvalue weighted by atomic mass is 10.4. The third-order valence-corrected chi connectivity index (χ3v) is 3.57. The van der Waals surface area contributed by atoms with Gasteiger partial charge in [0.2, 0.25) is 5.91 Å². The number of rotatable bonds is 5. The lowest BCUT2D eigenvalue weighted by Crippen LogP contribution is -2.28. The molecule has 0 spiro atoms. The first-order valence-electron chi connectivity index (χ1n) is 6.42. The number of halogens is 1. The summed E-state index contributed by atoms with van der Waals surface area (Å²) in [6, 6.07) is 1.92. The molecule has 0 unspecified atom stereocenters. The number of nitrogens with zero attached hydrogens (tertiary/aromatic N) is 3. The molecular formula is C13H15ClN4O. The molecule has 19 heavy (non-hydrogen) atoms. The van der Waals surface area contributed by atoms with E-state index in [9.17, 15) is 4.79 Å². The van der Waals surface area contributed by atoms with Gasteiger partial charge in [-0.3, -0.25) is 9.78 Å². The van der Waals surface area contributed by atoms with Crippen LogP contribution in [0.5, 0.6) is 0 Å². The van der Waals surface area contributed by atoms with Crippen LogP contribution < -0.4 is 5.32 Å². The highest BCUT2D eigenvalue weighted by Gasteiger charge is 2.29. The number of alkyl halides is 1. The predicted octanol–water partition coefficient (Wildman–Crippen LogP) is 1.70. The number of aromatic nitrogens is 3. The maximum Gasteiger partial charge on any atom is 0.223 e. The van der Waals surface area contributed by atoms with Gasteiger partial charge in [0.25, 0.3) is 0 Å². The Hall–Kier alpha value is -1.62. The van der Waals surface area contributed by atoms with Crippen LogP contribution in [0, 0.1) is 5.92 Å². The van der Waals surface area contributed by atoms with Crippen molar-refractivity contribution < 1.29 is 4.79 Å². The van der Waals surface area contributed by atoms with E-state index in [2.05, 4.69) is 15.3 Å². The molecule has 100 valence electrons. The Morgan fingerprint density at radius 1 is 1.53 bits per heavy atom. The minimum atomic E-state index is 0.165. The van der Waals surface area contributed by atoms with Crippen molar-refractivity contribution in [3.63, 3.8) is 0 Å². The Morgan fingerprint density at radius 2 is 2.37 bits per heavy atom. The molecule has 3 rings (SSSR count). The Morgan fingerprint density at radius 3 is 3.11 bits per heavy atom. The van der Waals surface area contributed by atoms with Gasteiger partial charge in [-0.25, -0.2) is 4.98 Å². The van der Waals surface area contributed by atoms with Gasteiger partial charge in [-0.2, -0.15) is 0 Å². The zero-order valence-corrected chi connectivity index (χ0v) is 11.2. The first kappa shape index (κ1) is 12.4. The summed E-state index contributed by atoms with van der Waals surface area (Å²) in [5.41, 5.74) is 1.85. The van der Waals surface area contributed by atoms with Crippen LogP contribution in [-0.4, -0.2) is 27.0 Å². The Bertz CT molecular complexity index is 606. The molecule has 5 nitrogen and oxygen atoms in total. The Balaban J connectivity index is 1.73. The second-order valence-corrected chi connectivity index (χ2v) is 5.01. The average molecular weight is 279 g/mol. The van der Waals surface area contributed by atoms with Crippen LogP contribution >= 0.6 is 11.6 Å². The Kier molecular flexibility index (Phi) is 3.38. The molecule has 0 aromatic carbocycles. The van der Waals surface area contributed by atoms with Gasteiger partial charge in [0.05, 0.1) is 17.6 Å². The summed E-state index contributed by atoms with van der Waals surface area (Å²) in [7, 11) is 0. The second kappa shape index (κ2) is 5.17. The van der Waals surface area contributed by atoms with Crippen LogP contribution in [0.15, 0.2) is 18.5 Å². The number of amides is 1. The molecular weight excluding hydrogens is 264 g/mol. The van der Waals surface area contributed by atoms with Crippen molar-refractivity contribution in [2.45, 2.75) is 25.3 Å². The van der Waals surface area contributed by atoms with Gasteiger partial charge in [0.1, 0.15) is 11.3 Å². The molecule has 2 aromatic rings.